The zero-order valence-electron chi connectivity index (χ0n) is 12.6. The third-order valence-corrected chi connectivity index (χ3v) is 4.27. The molecule has 5 nitrogen and oxygen atoms in total. The Morgan fingerprint density at radius 2 is 2.19 bits per heavy atom. The van der Waals surface area contributed by atoms with E-state index in [0.717, 1.165) is 36.4 Å². The van der Waals surface area contributed by atoms with Gasteiger partial charge >= 0.3 is 0 Å². The summed E-state index contributed by atoms with van der Waals surface area (Å²) in [6, 6.07) is 5.77. The highest BCUT2D eigenvalue weighted by Crippen LogP contribution is 2.32. The molecule has 0 saturated carbocycles. The fourth-order valence-electron chi connectivity index (χ4n) is 3.01. The molecule has 5 heteroatoms. The molecule has 2 unspecified atom stereocenters. The van der Waals surface area contributed by atoms with E-state index < -0.39 is 0 Å². The summed E-state index contributed by atoms with van der Waals surface area (Å²) in [5, 5.41) is 3.34. The van der Waals surface area contributed by atoms with Gasteiger partial charge in [-0.15, -0.1) is 0 Å². The number of rotatable bonds is 3. The molecule has 0 bridgehead atoms. The van der Waals surface area contributed by atoms with Crippen LogP contribution in [0.5, 0.6) is 11.5 Å². The van der Waals surface area contributed by atoms with E-state index in [4.69, 9.17) is 9.47 Å². The third-order valence-electron chi connectivity index (χ3n) is 4.27. The molecular formula is C16H22N2O3. The lowest BCUT2D eigenvalue weighted by Crippen LogP contribution is -2.51. The summed E-state index contributed by atoms with van der Waals surface area (Å²) >= 11 is 0. The Morgan fingerprint density at radius 3 is 3.00 bits per heavy atom. The van der Waals surface area contributed by atoms with Gasteiger partial charge in [0.15, 0.2) is 11.5 Å². The number of carbonyl (C=O) groups excluding carboxylic acids is 1. The van der Waals surface area contributed by atoms with Gasteiger partial charge in [0.05, 0.1) is 6.04 Å². The minimum atomic E-state index is -0.0576. The van der Waals surface area contributed by atoms with Gasteiger partial charge in [0, 0.05) is 13.6 Å². The minimum Gasteiger partial charge on any atom is -0.454 e. The van der Waals surface area contributed by atoms with Crippen LogP contribution in [0.15, 0.2) is 18.2 Å². The second-order valence-electron chi connectivity index (χ2n) is 5.93. The highest BCUT2D eigenvalue weighted by Gasteiger charge is 2.29. The summed E-state index contributed by atoms with van der Waals surface area (Å²) in [5.74, 6) is 2.10. The number of hydrogen-bond donors (Lipinski definition) is 1. The summed E-state index contributed by atoms with van der Waals surface area (Å²) in [6.07, 6.45) is 2.26. The van der Waals surface area contributed by atoms with Crippen molar-refractivity contribution >= 4 is 5.91 Å². The SMILES string of the molecule is CC1CCCNC1C(=O)N(C)Cc1ccc2c(c1)OCO2. The number of ether oxygens (including phenoxy) is 2. The Kier molecular flexibility index (Phi) is 4.01. The van der Waals surface area contributed by atoms with Crippen LogP contribution in [0.4, 0.5) is 0 Å². The second kappa shape index (κ2) is 5.93. The van der Waals surface area contributed by atoms with Crippen molar-refractivity contribution in [3.63, 3.8) is 0 Å². The molecule has 0 aromatic heterocycles. The van der Waals surface area contributed by atoms with Gasteiger partial charge < -0.3 is 19.7 Å². The third kappa shape index (κ3) is 2.97. The molecule has 0 aliphatic carbocycles. The molecule has 1 saturated heterocycles. The molecular weight excluding hydrogens is 268 g/mol. The van der Waals surface area contributed by atoms with Crippen molar-refractivity contribution in [1.29, 1.82) is 0 Å². The van der Waals surface area contributed by atoms with Crippen molar-refractivity contribution in [3.05, 3.63) is 23.8 Å². The molecule has 2 aliphatic heterocycles. The average molecular weight is 290 g/mol. The summed E-state index contributed by atoms with van der Waals surface area (Å²) in [5.41, 5.74) is 1.05. The number of carbonyl (C=O) groups is 1. The van der Waals surface area contributed by atoms with E-state index in [1.807, 2.05) is 25.2 Å². The predicted octanol–water partition coefficient (Wildman–Crippen LogP) is 1.76. The Bertz CT molecular complexity index is 532. The van der Waals surface area contributed by atoms with Gasteiger partial charge in [-0.1, -0.05) is 13.0 Å². The zero-order chi connectivity index (χ0) is 14.8. The predicted molar refractivity (Wildman–Crippen MR) is 79.2 cm³/mol. The Balaban J connectivity index is 1.65. The smallest absolute Gasteiger partial charge is 0.240 e. The van der Waals surface area contributed by atoms with E-state index in [1.165, 1.54) is 0 Å². The molecule has 0 spiro atoms. The number of hydrogen-bond acceptors (Lipinski definition) is 4. The van der Waals surface area contributed by atoms with Crippen LogP contribution in [0.1, 0.15) is 25.3 Å². The standard InChI is InChI=1S/C16H22N2O3/c1-11-4-3-7-17-15(11)16(19)18(2)9-12-5-6-13-14(8-12)21-10-20-13/h5-6,8,11,15,17H,3-4,7,9-10H2,1-2H3. The molecule has 3 rings (SSSR count). The number of benzene rings is 1. The first-order valence-corrected chi connectivity index (χ1v) is 7.52. The van der Waals surface area contributed by atoms with E-state index in [1.54, 1.807) is 4.90 Å². The van der Waals surface area contributed by atoms with Crippen LogP contribution in [-0.2, 0) is 11.3 Å². The van der Waals surface area contributed by atoms with E-state index in [0.29, 0.717) is 12.5 Å². The topological polar surface area (TPSA) is 50.8 Å². The van der Waals surface area contributed by atoms with E-state index in [2.05, 4.69) is 12.2 Å². The molecule has 1 aromatic rings. The highest BCUT2D eigenvalue weighted by atomic mass is 16.7. The molecule has 0 radical (unpaired) electrons. The van der Waals surface area contributed by atoms with Crippen molar-refractivity contribution in [3.8, 4) is 11.5 Å². The lowest BCUT2D eigenvalue weighted by atomic mass is 9.92. The zero-order valence-corrected chi connectivity index (χ0v) is 12.6. The van der Waals surface area contributed by atoms with Crippen LogP contribution in [0.2, 0.25) is 0 Å². The van der Waals surface area contributed by atoms with Crippen molar-refractivity contribution in [2.24, 2.45) is 5.92 Å². The maximum Gasteiger partial charge on any atom is 0.240 e. The number of likely N-dealkylation sites (N-methyl/N-ethyl adjacent to an activating group) is 1. The first kappa shape index (κ1) is 14.2. The summed E-state index contributed by atoms with van der Waals surface area (Å²) in [4.78, 5) is 14.3. The summed E-state index contributed by atoms with van der Waals surface area (Å²) < 4.78 is 10.7. The normalized spacial score (nSPS) is 23.9. The van der Waals surface area contributed by atoms with Crippen LogP contribution in [0.3, 0.4) is 0 Å². The quantitative estimate of drug-likeness (QED) is 0.921. The van der Waals surface area contributed by atoms with Crippen molar-refractivity contribution in [2.45, 2.75) is 32.4 Å². The molecule has 1 aromatic carbocycles. The number of fused-ring (bicyclic) bond motifs is 1. The second-order valence-corrected chi connectivity index (χ2v) is 5.93. The summed E-state index contributed by atoms with van der Waals surface area (Å²) in [6.45, 7) is 3.93. The number of amides is 1. The van der Waals surface area contributed by atoms with Crippen LogP contribution in [-0.4, -0.2) is 37.2 Å². The van der Waals surface area contributed by atoms with Gasteiger partial charge in [0.25, 0.3) is 0 Å². The first-order valence-electron chi connectivity index (χ1n) is 7.52. The molecule has 21 heavy (non-hydrogen) atoms. The Morgan fingerprint density at radius 1 is 1.38 bits per heavy atom. The maximum atomic E-state index is 12.6. The maximum absolute atomic E-state index is 12.6. The van der Waals surface area contributed by atoms with Gasteiger partial charge in [-0.3, -0.25) is 4.79 Å². The fraction of sp³-hybridized carbons (Fsp3) is 0.562. The van der Waals surface area contributed by atoms with Crippen molar-refractivity contribution < 1.29 is 14.3 Å². The Hall–Kier alpha value is -1.75. The molecule has 1 fully saturated rings. The van der Waals surface area contributed by atoms with Crippen LogP contribution < -0.4 is 14.8 Å². The molecule has 1 amide bonds. The first-order chi connectivity index (χ1) is 10.1. The fourth-order valence-corrected chi connectivity index (χ4v) is 3.01. The molecule has 2 heterocycles. The van der Waals surface area contributed by atoms with Crippen molar-refractivity contribution in [2.75, 3.05) is 20.4 Å². The van der Waals surface area contributed by atoms with Gasteiger partial charge in [-0.2, -0.15) is 0 Å². The van der Waals surface area contributed by atoms with Gasteiger partial charge in [-0.05, 0) is 43.0 Å². The van der Waals surface area contributed by atoms with E-state index in [-0.39, 0.29) is 18.7 Å². The monoisotopic (exact) mass is 290 g/mol. The highest BCUT2D eigenvalue weighted by molar-refractivity contribution is 5.82. The van der Waals surface area contributed by atoms with Crippen LogP contribution in [0, 0.1) is 5.92 Å². The summed E-state index contributed by atoms with van der Waals surface area (Å²) in [7, 11) is 1.86. The minimum absolute atomic E-state index is 0.0576. The Labute approximate surface area is 125 Å². The molecule has 114 valence electrons. The lowest BCUT2D eigenvalue weighted by Gasteiger charge is -2.32. The average Bonchev–Trinajstić information content (AvgIpc) is 2.94. The number of piperidine rings is 1. The lowest BCUT2D eigenvalue weighted by molar-refractivity contribution is -0.134. The van der Waals surface area contributed by atoms with E-state index >= 15 is 0 Å². The molecule has 1 N–H and O–H groups in total. The largest absolute Gasteiger partial charge is 0.454 e. The number of nitrogens with zero attached hydrogens (tertiary/aromatic N) is 1. The number of nitrogens with one attached hydrogen (secondary N) is 1. The molecule has 2 atom stereocenters. The van der Waals surface area contributed by atoms with Gasteiger partial charge in [0.1, 0.15) is 0 Å². The molecule has 2 aliphatic rings. The van der Waals surface area contributed by atoms with E-state index in [9.17, 15) is 4.79 Å². The van der Waals surface area contributed by atoms with Gasteiger partial charge in [0.2, 0.25) is 12.7 Å². The van der Waals surface area contributed by atoms with Crippen LogP contribution in [0.25, 0.3) is 0 Å². The van der Waals surface area contributed by atoms with Gasteiger partial charge in [-0.25, -0.2) is 0 Å². The van der Waals surface area contributed by atoms with Crippen LogP contribution >= 0.6 is 0 Å². The van der Waals surface area contributed by atoms with Crippen molar-refractivity contribution in [1.82, 2.24) is 10.2 Å².